The Bertz CT molecular complexity index is 1450. The smallest absolute Gasteiger partial charge is 0.264 e. The van der Waals surface area contributed by atoms with Crippen LogP contribution >= 0.6 is 0 Å². The summed E-state index contributed by atoms with van der Waals surface area (Å²) in [5, 5.41) is 3.00. The maximum absolute atomic E-state index is 14.2. The van der Waals surface area contributed by atoms with Crippen molar-refractivity contribution in [2.24, 2.45) is 0 Å². The molecule has 3 aromatic rings. The zero-order chi connectivity index (χ0) is 29.7. The molecule has 0 radical (unpaired) electrons. The van der Waals surface area contributed by atoms with Crippen molar-refractivity contribution < 1.29 is 18.0 Å². The van der Waals surface area contributed by atoms with Crippen LogP contribution < -0.4 is 9.62 Å². The van der Waals surface area contributed by atoms with E-state index in [2.05, 4.69) is 5.32 Å². The summed E-state index contributed by atoms with van der Waals surface area (Å²) in [7, 11) is -4.10. The van der Waals surface area contributed by atoms with Crippen LogP contribution in [0.4, 0.5) is 5.69 Å². The molecule has 0 aromatic heterocycles. The van der Waals surface area contributed by atoms with Gasteiger partial charge in [-0.15, -0.1) is 0 Å². The first-order valence-electron chi connectivity index (χ1n) is 13.5. The molecule has 0 aliphatic rings. The maximum atomic E-state index is 14.2. The predicted octanol–water partition coefficient (Wildman–Crippen LogP) is 5.53. The van der Waals surface area contributed by atoms with Crippen LogP contribution in [0, 0.1) is 20.8 Å². The quantitative estimate of drug-likeness (QED) is 0.352. The van der Waals surface area contributed by atoms with Gasteiger partial charge in [-0.05, 0) is 82.9 Å². The highest BCUT2D eigenvalue weighted by Crippen LogP contribution is 2.28. The lowest BCUT2D eigenvalue weighted by atomic mass is 10.0. The summed E-state index contributed by atoms with van der Waals surface area (Å²) in [6.07, 6.45) is 0.369. The van der Waals surface area contributed by atoms with Crippen LogP contribution in [0.3, 0.4) is 0 Å². The fourth-order valence-corrected chi connectivity index (χ4v) is 6.09. The molecule has 3 aromatic carbocycles. The minimum Gasteiger partial charge on any atom is -0.350 e. The third-order valence-corrected chi connectivity index (χ3v) is 8.34. The average molecular weight is 564 g/mol. The van der Waals surface area contributed by atoms with Crippen molar-refractivity contribution in [3.05, 3.63) is 95.1 Å². The van der Waals surface area contributed by atoms with Gasteiger partial charge in [-0.25, -0.2) is 8.42 Å². The van der Waals surface area contributed by atoms with Gasteiger partial charge in [0.2, 0.25) is 11.8 Å². The topological polar surface area (TPSA) is 86.8 Å². The molecule has 0 saturated carbocycles. The van der Waals surface area contributed by atoms with Crippen molar-refractivity contribution in [2.75, 3.05) is 10.8 Å². The van der Waals surface area contributed by atoms with Crippen LogP contribution in [0.2, 0.25) is 0 Å². The molecule has 1 N–H and O–H groups in total. The Labute approximate surface area is 239 Å². The number of hydrogen-bond donors (Lipinski definition) is 1. The van der Waals surface area contributed by atoms with E-state index in [1.165, 1.54) is 21.3 Å². The van der Waals surface area contributed by atoms with E-state index in [0.29, 0.717) is 12.1 Å². The van der Waals surface area contributed by atoms with Crippen LogP contribution in [0.15, 0.2) is 77.7 Å². The highest BCUT2D eigenvalue weighted by Gasteiger charge is 2.35. The number of nitrogens with zero attached hydrogens (tertiary/aromatic N) is 2. The molecule has 0 aliphatic carbocycles. The molecule has 1 atom stereocenters. The van der Waals surface area contributed by atoms with E-state index in [4.69, 9.17) is 0 Å². The fourth-order valence-electron chi connectivity index (χ4n) is 4.60. The normalized spacial score (nSPS) is 12.5. The van der Waals surface area contributed by atoms with Gasteiger partial charge in [0.1, 0.15) is 12.6 Å². The van der Waals surface area contributed by atoms with Crippen molar-refractivity contribution in [3.8, 4) is 0 Å². The van der Waals surface area contributed by atoms with Gasteiger partial charge in [-0.3, -0.25) is 13.9 Å². The fraction of sp³-hybridized carbons (Fsp3) is 0.375. The summed E-state index contributed by atoms with van der Waals surface area (Å²) in [5.74, 6) is -0.738. The number of rotatable bonds is 10. The van der Waals surface area contributed by atoms with Gasteiger partial charge in [0.25, 0.3) is 10.0 Å². The van der Waals surface area contributed by atoms with Crippen molar-refractivity contribution in [1.82, 2.24) is 10.2 Å². The first-order chi connectivity index (χ1) is 18.7. The lowest BCUT2D eigenvalue weighted by molar-refractivity contribution is -0.141. The Morgan fingerprint density at radius 1 is 0.875 bits per heavy atom. The van der Waals surface area contributed by atoms with Crippen molar-refractivity contribution >= 4 is 27.5 Å². The molecule has 0 unspecified atom stereocenters. The molecule has 214 valence electrons. The summed E-state index contributed by atoms with van der Waals surface area (Å²) in [6, 6.07) is 20.6. The lowest BCUT2D eigenvalue weighted by Gasteiger charge is -2.35. The average Bonchev–Trinajstić information content (AvgIpc) is 2.88. The molecule has 0 heterocycles. The van der Waals surface area contributed by atoms with Gasteiger partial charge < -0.3 is 10.2 Å². The van der Waals surface area contributed by atoms with Crippen LogP contribution in [-0.2, 0) is 26.2 Å². The van der Waals surface area contributed by atoms with Gasteiger partial charge in [-0.1, -0.05) is 67.1 Å². The van der Waals surface area contributed by atoms with Gasteiger partial charge in [-0.2, -0.15) is 0 Å². The molecule has 2 amide bonds. The number of nitrogens with one attached hydrogen (secondary N) is 1. The second-order valence-electron chi connectivity index (χ2n) is 11.3. The number of hydrogen-bond acceptors (Lipinski definition) is 4. The lowest BCUT2D eigenvalue weighted by Crippen LogP contribution is -2.55. The molecule has 0 saturated heterocycles. The summed E-state index contributed by atoms with van der Waals surface area (Å²) < 4.78 is 29.2. The van der Waals surface area contributed by atoms with Gasteiger partial charge in [0.15, 0.2) is 0 Å². The molecule has 40 heavy (non-hydrogen) atoms. The van der Waals surface area contributed by atoms with Crippen LogP contribution in [0.1, 0.15) is 56.4 Å². The monoisotopic (exact) mass is 563 g/mol. The molecule has 0 bridgehead atoms. The molecule has 7 nitrogen and oxygen atoms in total. The van der Waals surface area contributed by atoms with Crippen molar-refractivity contribution in [1.29, 1.82) is 0 Å². The van der Waals surface area contributed by atoms with Gasteiger partial charge in [0.05, 0.1) is 10.6 Å². The van der Waals surface area contributed by atoms with Gasteiger partial charge >= 0.3 is 0 Å². The number of aryl methyl sites for hydroxylation is 3. The third-order valence-electron chi connectivity index (χ3n) is 6.56. The molecule has 8 heteroatoms. The van der Waals surface area contributed by atoms with E-state index >= 15 is 0 Å². The van der Waals surface area contributed by atoms with Gasteiger partial charge in [0, 0.05) is 12.1 Å². The second-order valence-corrected chi connectivity index (χ2v) is 13.2. The third kappa shape index (κ3) is 7.72. The van der Waals surface area contributed by atoms with E-state index in [-0.39, 0.29) is 17.3 Å². The zero-order valence-corrected chi connectivity index (χ0v) is 25.4. The van der Waals surface area contributed by atoms with E-state index in [0.717, 1.165) is 22.3 Å². The standard InChI is InChI=1S/C32H41N3O4S/c1-8-28(31(37)33-32(5,6)7)34(21-26-14-12-13-23(2)19-26)30(36)22-35(29-20-24(3)17-18-25(29)4)40(38,39)27-15-10-9-11-16-27/h9-20,28H,8,21-22H2,1-7H3,(H,33,37)/t28-/m1/s1. The van der Waals surface area contributed by atoms with Crippen molar-refractivity contribution in [2.45, 2.75) is 77.9 Å². The molecule has 0 fully saturated rings. The largest absolute Gasteiger partial charge is 0.350 e. The first-order valence-corrected chi connectivity index (χ1v) is 15.0. The minimum atomic E-state index is -4.10. The molecular formula is C32H41N3O4S. The number of amides is 2. The van der Waals surface area contributed by atoms with E-state index in [9.17, 15) is 18.0 Å². The predicted molar refractivity (Wildman–Crippen MR) is 161 cm³/mol. The molecule has 3 rings (SSSR count). The highest BCUT2D eigenvalue weighted by atomic mass is 32.2. The Morgan fingerprint density at radius 2 is 1.52 bits per heavy atom. The Morgan fingerprint density at radius 3 is 2.12 bits per heavy atom. The maximum Gasteiger partial charge on any atom is 0.264 e. The van der Waals surface area contributed by atoms with E-state index in [1.807, 2.05) is 84.9 Å². The SMILES string of the molecule is CC[C@H](C(=O)NC(C)(C)C)N(Cc1cccc(C)c1)C(=O)CN(c1cc(C)ccc1C)S(=O)(=O)c1ccccc1. The summed E-state index contributed by atoms with van der Waals surface area (Å²) in [6.45, 7) is 12.9. The Balaban J connectivity index is 2.11. The molecule has 0 aliphatic heterocycles. The van der Waals surface area contributed by atoms with Crippen molar-refractivity contribution in [3.63, 3.8) is 0 Å². The number of benzene rings is 3. The number of carbonyl (C=O) groups excluding carboxylic acids is 2. The molecular weight excluding hydrogens is 522 g/mol. The van der Waals surface area contributed by atoms with Crippen LogP contribution in [0.25, 0.3) is 0 Å². The number of sulfonamides is 1. The number of carbonyl (C=O) groups is 2. The molecule has 0 spiro atoms. The zero-order valence-electron chi connectivity index (χ0n) is 24.6. The van der Waals surface area contributed by atoms with E-state index in [1.54, 1.807) is 24.3 Å². The second kappa shape index (κ2) is 12.7. The summed E-state index contributed by atoms with van der Waals surface area (Å²) >= 11 is 0. The van der Waals surface area contributed by atoms with Crippen LogP contribution in [-0.4, -0.2) is 43.3 Å². The van der Waals surface area contributed by atoms with Crippen LogP contribution in [0.5, 0.6) is 0 Å². The summed E-state index contributed by atoms with van der Waals surface area (Å²) in [5.41, 5.74) is 3.42. The number of anilines is 1. The Hall–Kier alpha value is -3.65. The Kier molecular flexibility index (Phi) is 9.79. The minimum absolute atomic E-state index is 0.0893. The van der Waals surface area contributed by atoms with E-state index < -0.39 is 34.1 Å². The highest BCUT2D eigenvalue weighted by molar-refractivity contribution is 7.92. The first kappa shape index (κ1) is 30.9. The summed E-state index contributed by atoms with van der Waals surface area (Å²) in [4.78, 5) is 29.2.